The summed E-state index contributed by atoms with van der Waals surface area (Å²) < 4.78 is 39.1. The normalized spacial score (nSPS) is 12.3. The van der Waals surface area contributed by atoms with E-state index in [4.69, 9.17) is 0 Å². The maximum Gasteiger partial charge on any atom is 0.434 e. The second-order valence-electron chi connectivity index (χ2n) is 3.19. The van der Waals surface area contributed by atoms with Crippen molar-refractivity contribution in [2.24, 2.45) is 0 Å². The average Bonchev–Trinajstić information content (AvgIpc) is 2.47. The van der Waals surface area contributed by atoms with Gasteiger partial charge in [-0.15, -0.1) is 0 Å². The minimum Gasteiger partial charge on any atom is -0.305 e. The lowest BCUT2D eigenvalue weighted by Gasteiger charge is -1.98. The summed E-state index contributed by atoms with van der Waals surface area (Å²) in [6, 6.07) is 1.60. The minimum absolute atomic E-state index is 0.294. The number of alkyl halides is 3. The molecule has 0 aliphatic carbocycles. The van der Waals surface area contributed by atoms with Gasteiger partial charge in [0.05, 0.1) is 0 Å². The van der Waals surface area contributed by atoms with Gasteiger partial charge in [0.2, 0.25) is 0 Å². The molecule has 0 N–H and O–H groups in total. The quantitative estimate of drug-likeness (QED) is 0.722. The molecule has 0 saturated carbocycles. The molecule has 2 rings (SSSR count). The Kier molecular flexibility index (Phi) is 2.26. The van der Waals surface area contributed by atoms with Gasteiger partial charge < -0.3 is 4.40 Å². The highest BCUT2D eigenvalue weighted by molar-refractivity contribution is 9.10. The Hall–Kier alpha value is -1.04. The second-order valence-corrected chi connectivity index (χ2v) is 4.05. The van der Waals surface area contributed by atoms with E-state index in [2.05, 4.69) is 20.9 Å². The largest absolute Gasteiger partial charge is 0.434 e. The van der Waals surface area contributed by atoms with Crippen LogP contribution in [-0.4, -0.2) is 9.38 Å². The highest BCUT2D eigenvalue weighted by atomic mass is 79.9. The molecule has 0 unspecified atom stereocenters. The monoisotopic (exact) mass is 278 g/mol. The van der Waals surface area contributed by atoms with Crippen molar-refractivity contribution in [1.29, 1.82) is 0 Å². The molecule has 0 radical (unpaired) electrons. The van der Waals surface area contributed by atoms with Crippen LogP contribution in [0.15, 0.2) is 22.9 Å². The van der Waals surface area contributed by atoms with E-state index in [1.54, 1.807) is 19.2 Å². The number of pyridine rings is 1. The summed E-state index contributed by atoms with van der Waals surface area (Å²) in [5.41, 5.74) is 0.268. The molecule has 80 valence electrons. The molecule has 0 saturated heterocycles. The number of fused-ring (bicyclic) bond motifs is 1. The van der Waals surface area contributed by atoms with Crippen molar-refractivity contribution in [2.45, 2.75) is 13.1 Å². The van der Waals surface area contributed by atoms with Crippen LogP contribution >= 0.6 is 15.9 Å². The van der Waals surface area contributed by atoms with Crippen molar-refractivity contribution < 1.29 is 13.2 Å². The number of imidazole rings is 1. The molecule has 2 heterocycles. The molecule has 0 aromatic carbocycles. The smallest absolute Gasteiger partial charge is 0.305 e. The summed E-state index contributed by atoms with van der Waals surface area (Å²) in [6.45, 7) is 1.80. The van der Waals surface area contributed by atoms with E-state index in [0.717, 1.165) is 16.2 Å². The third kappa shape index (κ3) is 1.86. The van der Waals surface area contributed by atoms with Crippen LogP contribution in [0.2, 0.25) is 0 Å². The number of hydrogen-bond acceptors (Lipinski definition) is 1. The van der Waals surface area contributed by atoms with E-state index in [1.807, 2.05) is 0 Å². The van der Waals surface area contributed by atoms with Crippen LogP contribution in [0.25, 0.3) is 5.65 Å². The number of nitrogens with zero attached hydrogens (tertiary/aromatic N) is 2. The zero-order valence-electron chi connectivity index (χ0n) is 7.64. The lowest BCUT2D eigenvalue weighted by atomic mass is 10.3. The van der Waals surface area contributed by atoms with E-state index in [0.29, 0.717) is 5.65 Å². The van der Waals surface area contributed by atoms with Gasteiger partial charge in [0.15, 0.2) is 5.69 Å². The molecule has 2 nitrogen and oxygen atoms in total. The molecule has 0 spiro atoms. The third-order valence-electron chi connectivity index (χ3n) is 2.03. The summed E-state index contributed by atoms with van der Waals surface area (Å²) in [7, 11) is 0. The minimum atomic E-state index is -4.40. The summed E-state index contributed by atoms with van der Waals surface area (Å²) in [4.78, 5) is 3.50. The summed E-state index contributed by atoms with van der Waals surface area (Å²) in [5.74, 6) is 0. The van der Waals surface area contributed by atoms with Crippen molar-refractivity contribution in [3.05, 3.63) is 34.2 Å². The lowest BCUT2D eigenvalue weighted by Crippen LogP contribution is -2.04. The fourth-order valence-electron chi connectivity index (χ4n) is 1.24. The molecule has 0 aliphatic heterocycles. The molecule has 0 bridgehead atoms. The van der Waals surface area contributed by atoms with Crippen molar-refractivity contribution in [3.8, 4) is 0 Å². The van der Waals surface area contributed by atoms with Gasteiger partial charge >= 0.3 is 6.18 Å². The van der Waals surface area contributed by atoms with Crippen LogP contribution in [0.3, 0.4) is 0 Å². The topological polar surface area (TPSA) is 17.3 Å². The van der Waals surface area contributed by atoms with Gasteiger partial charge in [0.25, 0.3) is 0 Å². The van der Waals surface area contributed by atoms with Gasteiger partial charge in [-0.3, -0.25) is 0 Å². The van der Waals surface area contributed by atoms with E-state index in [-0.39, 0.29) is 0 Å². The van der Waals surface area contributed by atoms with E-state index < -0.39 is 11.9 Å². The molecule has 6 heteroatoms. The van der Waals surface area contributed by atoms with Gasteiger partial charge in [0.1, 0.15) is 5.65 Å². The number of hydrogen-bond donors (Lipinski definition) is 0. The number of aromatic nitrogens is 2. The number of aryl methyl sites for hydroxylation is 1. The van der Waals surface area contributed by atoms with Crippen LogP contribution in [0, 0.1) is 6.92 Å². The fourth-order valence-corrected chi connectivity index (χ4v) is 1.58. The maximum atomic E-state index is 12.3. The van der Waals surface area contributed by atoms with Crippen LogP contribution in [-0.2, 0) is 6.18 Å². The van der Waals surface area contributed by atoms with Crippen molar-refractivity contribution in [1.82, 2.24) is 9.38 Å². The van der Waals surface area contributed by atoms with Crippen LogP contribution < -0.4 is 0 Å². The Bertz CT molecular complexity index is 477. The van der Waals surface area contributed by atoms with Crippen molar-refractivity contribution in [3.63, 3.8) is 0 Å². The zero-order chi connectivity index (χ0) is 11.2. The first kappa shape index (κ1) is 10.5. The number of rotatable bonds is 0. The molecule has 2 aromatic rings. The van der Waals surface area contributed by atoms with E-state index >= 15 is 0 Å². The van der Waals surface area contributed by atoms with E-state index in [1.165, 1.54) is 4.40 Å². The lowest BCUT2D eigenvalue weighted by molar-refractivity contribution is -0.140. The second kappa shape index (κ2) is 3.23. The first-order chi connectivity index (χ1) is 6.88. The Morgan fingerprint density at radius 2 is 2.00 bits per heavy atom. The zero-order valence-corrected chi connectivity index (χ0v) is 9.22. The summed E-state index contributed by atoms with van der Waals surface area (Å²) in [6.07, 6.45) is -1.86. The Morgan fingerprint density at radius 1 is 1.33 bits per heavy atom. The van der Waals surface area contributed by atoms with Gasteiger partial charge in [-0.1, -0.05) is 0 Å². The Labute approximate surface area is 91.9 Å². The summed E-state index contributed by atoms with van der Waals surface area (Å²) in [5, 5.41) is 0. The SMILES string of the molecule is Cc1cc2nc(C(F)(F)F)cn2cc1Br. The van der Waals surface area contributed by atoms with Crippen molar-refractivity contribution in [2.75, 3.05) is 0 Å². The van der Waals surface area contributed by atoms with Crippen LogP contribution in [0.4, 0.5) is 13.2 Å². The molecular formula is C9H6BrF3N2. The number of halogens is 4. The maximum absolute atomic E-state index is 12.3. The molecule has 2 aromatic heterocycles. The first-order valence-electron chi connectivity index (χ1n) is 4.10. The fraction of sp³-hybridized carbons (Fsp3) is 0.222. The average molecular weight is 279 g/mol. The van der Waals surface area contributed by atoms with Crippen LogP contribution in [0.1, 0.15) is 11.3 Å². The molecule has 0 atom stereocenters. The predicted molar refractivity (Wildman–Crippen MR) is 52.6 cm³/mol. The molecule has 0 amide bonds. The van der Waals surface area contributed by atoms with Crippen molar-refractivity contribution >= 4 is 21.6 Å². The van der Waals surface area contributed by atoms with Gasteiger partial charge in [-0.2, -0.15) is 13.2 Å². The Balaban J connectivity index is 2.66. The molecular weight excluding hydrogens is 273 g/mol. The molecule has 0 fully saturated rings. The van der Waals surface area contributed by atoms with Gasteiger partial charge in [-0.25, -0.2) is 4.98 Å². The van der Waals surface area contributed by atoms with Gasteiger partial charge in [-0.05, 0) is 34.5 Å². The standard InChI is InChI=1S/C9H6BrF3N2/c1-5-2-8-14-7(9(11,12)13)4-15(8)3-6(5)10/h2-4H,1H3. The Morgan fingerprint density at radius 3 is 2.60 bits per heavy atom. The van der Waals surface area contributed by atoms with E-state index in [9.17, 15) is 13.2 Å². The summed E-state index contributed by atoms with van der Waals surface area (Å²) >= 11 is 3.25. The third-order valence-corrected chi connectivity index (χ3v) is 2.86. The predicted octanol–water partition coefficient (Wildman–Crippen LogP) is 3.42. The highest BCUT2D eigenvalue weighted by Gasteiger charge is 2.33. The van der Waals surface area contributed by atoms with Gasteiger partial charge in [0, 0.05) is 16.9 Å². The first-order valence-corrected chi connectivity index (χ1v) is 4.89. The molecule has 15 heavy (non-hydrogen) atoms. The highest BCUT2D eigenvalue weighted by Crippen LogP contribution is 2.29. The van der Waals surface area contributed by atoms with Crippen LogP contribution in [0.5, 0.6) is 0 Å². The molecule has 0 aliphatic rings.